The molecule has 2 atom stereocenters. The molecule has 0 fully saturated rings. The van der Waals surface area contributed by atoms with E-state index >= 15 is 0 Å². The summed E-state index contributed by atoms with van der Waals surface area (Å²) in [6.45, 7) is 7.83. The lowest BCUT2D eigenvalue weighted by molar-refractivity contribution is -0.871. The molecule has 1 unspecified atom stereocenters. The van der Waals surface area contributed by atoms with Gasteiger partial charge in [-0.3, -0.25) is 4.79 Å². The molecule has 4 nitrogen and oxygen atoms in total. The van der Waals surface area contributed by atoms with Gasteiger partial charge in [0.15, 0.2) is 6.54 Å². The molecule has 3 rings (SSSR count). The average molecular weight is 418 g/mol. The van der Waals surface area contributed by atoms with Crippen molar-refractivity contribution in [1.29, 1.82) is 0 Å². The van der Waals surface area contributed by atoms with E-state index in [-0.39, 0.29) is 12.0 Å². The van der Waals surface area contributed by atoms with E-state index in [0.29, 0.717) is 13.2 Å². The Morgan fingerprint density at radius 3 is 2.13 bits per heavy atom. The lowest BCUT2D eigenvalue weighted by atomic mass is 10.0. The molecule has 1 amide bonds. The van der Waals surface area contributed by atoms with Crippen LogP contribution in [0.4, 0.5) is 5.69 Å². The molecule has 0 heterocycles. The summed E-state index contributed by atoms with van der Waals surface area (Å²) in [5.74, 6) is 0.0213. The largest absolute Gasteiger partial charge is 0.363 e. The quantitative estimate of drug-likeness (QED) is 0.555. The number of nitrogens with one attached hydrogen (secondary N) is 2. The minimum absolute atomic E-state index is 0.0213. The van der Waals surface area contributed by atoms with Gasteiger partial charge in [0.2, 0.25) is 0 Å². The Bertz CT molecular complexity index is 964. The smallest absolute Gasteiger partial charge is 0.279 e. The number of benzene rings is 3. The van der Waals surface area contributed by atoms with E-state index in [9.17, 15) is 4.79 Å². The first-order chi connectivity index (χ1) is 14.9. The molecule has 0 aromatic heterocycles. The fraction of sp³-hybridized carbons (Fsp3) is 0.296. The third-order valence-corrected chi connectivity index (χ3v) is 5.50. The number of likely N-dealkylation sites (N-methyl/N-ethyl adjacent to an activating group) is 1. The third-order valence-electron chi connectivity index (χ3n) is 5.50. The molecule has 0 radical (unpaired) electrons. The molecule has 3 aromatic rings. The number of hydrogen-bond donors (Lipinski definition) is 2. The van der Waals surface area contributed by atoms with Crippen LogP contribution in [0.2, 0.25) is 0 Å². The topological polar surface area (TPSA) is 42.8 Å². The molecule has 31 heavy (non-hydrogen) atoms. The van der Waals surface area contributed by atoms with E-state index in [1.165, 1.54) is 5.56 Å². The highest BCUT2D eigenvalue weighted by atomic mass is 16.5. The second-order valence-electron chi connectivity index (χ2n) is 8.27. The van der Waals surface area contributed by atoms with Gasteiger partial charge in [0.25, 0.3) is 5.91 Å². The van der Waals surface area contributed by atoms with E-state index in [4.69, 9.17) is 4.74 Å². The third kappa shape index (κ3) is 6.51. The fourth-order valence-corrected chi connectivity index (χ4v) is 3.66. The Hall–Kier alpha value is -2.95. The molecule has 4 heteroatoms. The standard InChI is InChI=1S/C27H32N2O2/c1-20-13-15-24(16-14-20)27(23-11-6-5-7-12-23)31-18-17-29(4)19-25(30)28-26-21(2)9-8-10-22(26)3/h5-16,27H,17-19H2,1-4H3,(H,28,30)/p+1/t27-/m0/s1. The van der Waals surface area contributed by atoms with Gasteiger partial charge in [-0.15, -0.1) is 0 Å². The lowest BCUT2D eigenvalue weighted by Gasteiger charge is -2.21. The molecule has 3 aromatic carbocycles. The second-order valence-corrected chi connectivity index (χ2v) is 8.27. The Morgan fingerprint density at radius 2 is 1.48 bits per heavy atom. The number of rotatable bonds is 9. The van der Waals surface area contributed by atoms with Gasteiger partial charge in [-0.2, -0.15) is 0 Å². The van der Waals surface area contributed by atoms with Gasteiger partial charge in [-0.25, -0.2) is 0 Å². The van der Waals surface area contributed by atoms with E-state index in [2.05, 4.69) is 48.6 Å². The maximum Gasteiger partial charge on any atom is 0.279 e. The molecular weight excluding hydrogens is 384 g/mol. The van der Waals surface area contributed by atoms with E-state index in [1.54, 1.807) is 0 Å². The number of quaternary nitrogens is 1. The van der Waals surface area contributed by atoms with E-state index < -0.39 is 0 Å². The van der Waals surface area contributed by atoms with Gasteiger partial charge < -0.3 is 15.0 Å². The van der Waals surface area contributed by atoms with Gasteiger partial charge in [0.05, 0.1) is 13.7 Å². The first-order valence-corrected chi connectivity index (χ1v) is 10.8. The molecule has 0 aliphatic rings. The summed E-state index contributed by atoms with van der Waals surface area (Å²) >= 11 is 0. The predicted molar refractivity (Wildman–Crippen MR) is 127 cm³/mol. The summed E-state index contributed by atoms with van der Waals surface area (Å²) < 4.78 is 6.31. The van der Waals surface area contributed by atoms with Crippen molar-refractivity contribution >= 4 is 11.6 Å². The maximum atomic E-state index is 12.5. The number of ether oxygens (including phenoxy) is 1. The summed E-state index contributed by atoms with van der Waals surface area (Å²) in [5, 5.41) is 3.06. The summed E-state index contributed by atoms with van der Waals surface area (Å²) in [6, 6.07) is 24.8. The van der Waals surface area contributed by atoms with Crippen LogP contribution in [0.3, 0.4) is 0 Å². The van der Waals surface area contributed by atoms with Crippen LogP contribution < -0.4 is 10.2 Å². The van der Waals surface area contributed by atoms with Crippen LogP contribution in [0, 0.1) is 20.8 Å². The van der Waals surface area contributed by atoms with Gasteiger partial charge >= 0.3 is 0 Å². The van der Waals surface area contributed by atoms with Crippen molar-refractivity contribution in [3.05, 3.63) is 101 Å². The van der Waals surface area contributed by atoms with Gasteiger partial charge in [-0.05, 0) is 43.0 Å². The minimum atomic E-state index is -0.113. The molecule has 0 spiro atoms. The monoisotopic (exact) mass is 417 g/mol. The average Bonchev–Trinajstić information content (AvgIpc) is 2.75. The zero-order valence-electron chi connectivity index (χ0n) is 18.9. The Labute approximate surface area is 185 Å². The van der Waals surface area contributed by atoms with Crippen molar-refractivity contribution in [1.82, 2.24) is 0 Å². The first-order valence-electron chi connectivity index (χ1n) is 10.8. The molecule has 0 saturated heterocycles. The van der Waals surface area contributed by atoms with Crippen molar-refractivity contribution in [3.8, 4) is 0 Å². The molecular formula is C27H33N2O2+. The van der Waals surface area contributed by atoms with Crippen LogP contribution in [0.25, 0.3) is 0 Å². The van der Waals surface area contributed by atoms with Crippen LogP contribution in [-0.2, 0) is 9.53 Å². The molecule has 0 bridgehead atoms. The number of amides is 1. The number of aryl methyl sites for hydroxylation is 3. The summed E-state index contributed by atoms with van der Waals surface area (Å²) in [6.07, 6.45) is -0.113. The predicted octanol–water partition coefficient (Wildman–Crippen LogP) is 3.87. The minimum Gasteiger partial charge on any atom is -0.363 e. The lowest BCUT2D eigenvalue weighted by Crippen LogP contribution is -3.10. The van der Waals surface area contributed by atoms with E-state index in [1.807, 2.05) is 57.3 Å². The van der Waals surface area contributed by atoms with Crippen LogP contribution in [0.1, 0.15) is 33.9 Å². The summed E-state index contributed by atoms with van der Waals surface area (Å²) in [4.78, 5) is 13.6. The SMILES string of the molecule is Cc1ccc([C@@H](OCC[NH+](C)CC(=O)Nc2c(C)cccc2C)c2ccccc2)cc1. The van der Waals surface area contributed by atoms with E-state index in [0.717, 1.165) is 39.4 Å². The Balaban J connectivity index is 1.56. The van der Waals surface area contributed by atoms with Gasteiger partial charge in [0.1, 0.15) is 12.6 Å². The van der Waals surface area contributed by atoms with Gasteiger partial charge in [-0.1, -0.05) is 78.4 Å². The zero-order chi connectivity index (χ0) is 22.2. The second kappa shape index (κ2) is 10.9. The van der Waals surface area contributed by atoms with Crippen molar-refractivity contribution in [3.63, 3.8) is 0 Å². The molecule has 0 aliphatic carbocycles. The highest BCUT2D eigenvalue weighted by molar-refractivity contribution is 5.93. The molecule has 2 N–H and O–H groups in total. The molecule has 162 valence electrons. The van der Waals surface area contributed by atoms with Crippen LogP contribution in [0.5, 0.6) is 0 Å². The zero-order valence-corrected chi connectivity index (χ0v) is 18.9. The highest BCUT2D eigenvalue weighted by Gasteiger charge is 2.17. The van der Waals surface area contributed by atoms with Crippen molar-refractivity contribution in [2.24, 2.45) is 0 Å². The maximum absolute atomic E-state index is 12.5. The normalized spacial score (nSPS) is 12.9. The number of para-hydroxylation sites is 1. The van der Waals surface area contributed by atoms with Crippen molar-refractivity contribution in [2.75, 3.05) is 32.1 Å². The fourth-order valence-electron chi connectivity index (χ4n) is 3.66. The van der Waals surface area contributed by atoms with Crippen LogP contribution in [-0.4, -0.2) is 32.7 Å². The highest BCUT2D eigenvalue weighted by Crippen LogP contribution is 2.26. The van der Waals surface area contributed by atoms with Crippen molar-refractivity contribution < 1.29 is 14.4 Å². The summed E-state index contributed by atoms with van der Waals surface area (Å²) in [7, 11) is 2.02. The number of anilines is 1. The number of carbonyl (C=O) groups is 1. The molecule has 0 saturated carbocycles. The van der Waals surface area contributed by atoms with Gasteiger partial charge in [0, 0.05) is 5.69 Å². The number of carbonyl (C=O) groups excluding carboxylic acids is 1. The van der Waals surface area contributed by atoms with Crippen LogP contribution >= 0.6 is 0 Å². The Kier molecular flexibility index (Phi) is 7.99. The first kappa shape index (κ1) is 22.7. The summed E-state index contributed by atoms with van der Waals surface area (Å²) in [5.41, 5.74) is 6.59. The van der Waals surface area contributed by atoms with Crippen LogP contribution in [0.15, 0.2) is 72.8 Å². The van der Waals surface area contributed by atoms with Crippen molar-refractivity contribution in [2.45, 2.75) is 26.9 Å². The Morgan fingerprint density at radius 1 is 0.871 bits per heavy atom. The molecule has 0 aliphatic heterocycles. The number of hydrogen-bond acceptors (Lipinski definition) is 2.